The number of imidazole rings is 1. The molecule has 40 heavy (non-hydrogen) atoms. The van der Waals surface area contributed by atoms with Crippen molar-refractivity contribution in [2.45, 2.75) is 45.5 Å². The summed E-state index contributed by atoms with van der Waals surface area (Å²) in [5.74, 6) is -5.51. The number of aryl methyl sites for hydroxylation is 1. The molecule has 0 aliphatic carbocycles. The number of halogens is 6. The highest BCUT2D eigenvalue weighted by Gasteiger charge is 2.38. The van der Waals surface area contributed by atoms with Gasteiger partial charge >= 0.3 is 24.3 Å². The van der Waals surface area contributed by atoms with Gasteiger partial charge in [0, 0.05) is 16.8 Å². The van der Waals surface area contributed by atoms with E-state index in [4.69, 9.17) is 19.8 Å². The second-order valence-electron chi connectivity index (χ2n) is 8.75. The third-order valence-electron chi connectivity index (χ3n) is 4.37. The summed E-state index contributed by atoms with van der Waals surface area (Å²) in [5, 5.41) is 14.6. The molecule has 0 radical (unpaired) electrons. The smallest absolute Gasteiger partial charge is 0.475 e. The minimum Gasteiger partial charge on any atom is -0.475 e. The van der Waals surface area contributed by atoms with E-state index in [0.29, 0.717) is 11.4 Å². The van der Waals surface area contributed by atoms with E-state index in [-0.39, 0.29) is 16.1 Å². The molecule has 0 saturated carbocycles. The first-order valence-corrected chi connectivity index (χ1v) is 10.8. The Morgan fingerprint density at radius 2 is 1.30 bits per heavy atom. The van der Waals surface area contributed by atoms with Crippen LogP contribution < -0.4 is 21.8 Å². The number of aliphatic carboxylic acids is 2. The number of nitrogens with one attached hydrogen (secondary N) is 3. The second-order valence-corrected chi connectivity index (χ2v) is 8.75. The Balaban J connectivity index is 0.000000473. The van der Waals surface area contributed by atoms with Crippen molar-refractivity contribution in [3.8, 4) is 0 Å². The molecule has 0 aliphatic rings. The van der Waals surface area contributed by atoms with E-state index in [1.54, 1.807) is 24.5 Å². The predicted molar refractivity (Wildman–Crippen MR) is 128 cm³/mol. The summed E-state index contributed by atoms with van der Waals surface area (Å²) in [4.78, 5) is 59.4. The maximum atomic E-state index is 12.4. The number of pyridine rings is 1. The summed E-state index contributed by atoms with van der Waals surface area (Å²) in [7, 11) is 0. The maximum Gasteiger partial charge on any atom is 0.490 e. The summed E-state index contributed by atoms with van der Waals surface area (Å²) >= 11 is 0. The first-order chi connectivity index (χ1) is 18.1. The van der Waals surface area contributed by atoms with Gasteiger partial charge in [0.1, 0.15) is 10.7 Å². The molecule has 3 rings (SSSR count). The van der Waals surface area contributed by atoms with Gasteiger partial charge in [-0.1, -0.05) is 26.8 Å². The van der Waals surface area contributed by atoms with E-state index >= 15 is 0 Å². The molecule has 11 nitrogen and oxygen atoms in total. The molecule has 0 amide bonds. The fourth-order valence-electron chi connectivity index (χ4n) is 2.64. The van der Waals surface area contributed by atoms with Crippen LogP contribution in [0.2, 0.25) is 0 Å². The highest BCUT2D eigenvalue weighted by molar-refractivity contribution is 5.73. The average Bonchev–Trinajstić information content (AvgIpc) is 3.26. The van der Waals surface area contributed by atoms with Crippen molar-refractivity contribution < 1.29 is 46.1 Å². The van der Waals surface area contributed by atoms with Crippen molar-refractivity contribution in [2.24, 2.45) is 0 Å². The lowest BCUT2D eigenvalue weighted by Crippen LogP contribution is -2.46. The van der Waals surface area contributed by atoms with Crippen LogP contribution in [0.25, 0.3) is 12.2 Å². The SMILES string of the molecule is Cc1cccc(/C=c2\[nH]c(=O)/c(=C/c3nc[nH]c3C(C)(C)C)[nH]c2=O)n1.O=C(O)C(F)(F)F.O=C(O)C(F)(F)F. The average molecular weight is 579 g/mol. The van der Waals surface area contributed by atoms with Gasteiger partial charge in [0.05, 0.1) is 17.7 Å². The summed E-state index contributed by atoms with van der Waals surface area (Å²) in [6.07, 6.45) is -5.47. The molecule has 0 aromatic carbocycles. The Morgan fingerprint density at radius 3 is 1.70 bits per heavy atom. The van der Waals surface area contributed by atoms with Crippen LogP contribution in [0.5, 0.6) is 0 Å². The van der Waals surface area contributed by atoms with Crippen molar-refractivity contribution in [3.05, 3.63) is 78.7 Å². The summed E-state index contributed by atoms with van der Waals surface area (Å²) in [5.41, 5.74) is 1.98. The van der Waals surface area contributed by atoms with Gasteiger partial charge in [0.2, 0.25) is 0 Å². The summed E-state index contributed by atoms with van der Waals surface area (Å²) < 4.78 is 63.5. The number of hydrogen-bond donors (Lipinski definition) is 5. The Bertz CT molecular complexity index is 1560. The molecule has 0 aliphatic heterocycles. The molecule has 0 bridgehead atoms. The summed E-state index contributed by atoms with van der Waals surface area (Å²) in [6, 6.07) is 5.47. The van der Waals surface area contributed by atoms with E-state index in [0.717, 1.165) is 11.4 Å². The Kier molecular flexibility index (Phi) is 10.7. The molecule has 0 unspecified atom stereocenters. The lowest BCUT2D eigenvalue weighted by atomic mass is 9.90. The number of aromatic nitrogens is 5. The molecule has 3 aromatic heterocycles. The maximum absolute atomic E-state index is 12.4. The zero-order chi connectivity index (χ0) is 31.1. The van der Waals surface area contributed by atoms with Gasteiger partial charge in [0.15, 0.2) is 0 Å². The third-order valence-corrected chi connectivity index (χ3v) is 4.37. The molecular formula is C23H23F6N5O6. The number of aromatic amines is 3. The second kappa shape index (κ2) is 12.9. The molecule has 218 valence electrons. The number of carboxylic acid groups (broad SMARTS) is 2. The highest BCUT2D eigenvalue weighted by atomic mass is 19.4. The molecular weight excluding hydrogens is 556 g/mol. The third kappa shape index (κ3) is 10.6. The molecule has 0 spiro atoms. The molecule has 0 fully saturated rings. The van der Waals surface area contributed by atoms with E-state index in [9.17, 15) is 35.9 Å². The monoisotopic (exact) mass is 579 g/mol. The number of alkyl halides is 6. The van der Waals surface area contributed by atoms with E-state index in [2.05, 4.69) is 24.9 Å². The molecule has 17 heteroatoms. The van der Waals surface area contributed by atoms with Gasteiger partial charge in [0.25, 0.3) is 11.1 Å². The number of carboxylic acids is 2. The van der Waals surface area contributed by atoms with Gasteiger partial charge in [-0.15, -0.1) is 0 Å². The van der Waals surface area contributed by atoms with Crippen molar-refractivity contribution in [3.63, 3.8) is 0 Å². The number of hydrogen-bond acceptors (Lipinski definition) is 6. The van der Waals surface area contributed by atoms with Crippen molar-refractivity contribution >= 4 is 24.1 Å². The quantitative estimate of drug-likeness (QED) is 0.285. The van der Waals surface area contributed by atoms with E-state index in [1.165, 1.54) is 0 Å². The van der Waals surface area contributed by atoms with Crippen LogP contribution in [0, 0.1) is 6.92 Å². The van der Waals surface area contributed by atoms with Crippen LogP contribution >= 0.6 is 0 Å². The van der Waals surface area contributed by atoms with Gasteiger partial charge in [-0.25, -0.2) is 14.6 Å². The van der Waals surface area contributed by atoms with Crippen LogP contribution in [0.15, 0.2) is 34.1 Å². The predicted octanol–water partition coefficient (Wildman–Crippen LogP) is 1.71. The first-order valence-electron chi connectivity index (χ1n) is 10.8. The van der Waals surface area contributed by atoms with Crippen molar-refractivity contribution in [1.29, 1.82) is 0 Å². The fourth-order valence-corrected chi connectivity index (χ4v) is 2.64. The number of rotatable bonds is 2. The zero-order valence-corrected chi connectivity index (χ0v) is 21.2. The standard InChI is InChI=1S/C19H21N5O2.2C2HF3O2/c1-11-6-5-7-12(22-11)8-14-17(25)24-15(18(26)23-14)9-13-16(19(2,3)4)21-10-20-13;2*3-2(4,5)1(6)7/h5-10H,1-4H3,(H,20,21)(H,23,26)(H,24,25);2*(H,6,7)/b14-8-,15-9-;;. The Hall–Kier alpha value is -4.70. The molecule has 3 heterocycles. The summed E-state index contributed by atoms with van der Waals surface area (Å²) in [6.45, 7) is 7.98. The van der Waals surface area contributed by atoms with Gasteiger partial charge in [-0.05, 0) is 31.2 Å². The normalized spacial score (nSPS) is 12.7. The number of nitrogens with zero attached hydrogens (tertiary/aromatic N) is 2. The molecule has 0 atom stereocenters. The van der Waals surface area contributed by atoms with Gasteiger partial charge in [-0.2, -0.15) is 26.3 Å². The first kappa shape index (κ1) is 33.3. The van der Waals surface area contributed by atoms with Crippen LogP contribution in [0.1, 0.15) is 43.5 Å². The van der Waals surface area contributed by atoms with Crippen molar-refractivity contribution in [2.75, 3.05) is 0 Å². The van der Waals surface area contributed by atoms with Crippen LogP contribution in [0.3, 0.4) is 0 Å². The highest BCUT2D eigenvalue weighted by Crippen LogP contribution is 2.22. The van der Waals surface area contributed by atoms with E-state index < -0.39 is 35.4 Å². The van der Waals surface area contributed by atoms with Gasteiger partial charge in [-0.3, -0.25) is 14.6 Å². The lowest BCUT2D eigenvalue weighted by molar-refractivity contribution is -0.193. The van der Waals surface area contributed by atoms with Crippen LogP contribution in [-0.2, 0) is 15.0 Å². The zero-order valence-electron chi connectivity index (χ0n) is 21.2. The number of H-pyrrole nitrogens is 3. The van der Waals surface area contributed by atoms with Crippen LogP contribution in [0.4, 0.5) is 26.3 Å². The van der Waals surface area contributed by atoms with E-state index in [1.807, 2.05) is 39.8 Å². The Morgan fingerprint density at radius 1 is 0.850 bits per heavy atom. The largest absolute Gasteiger partial charge is 0.490 e. The van der Waals surface area contributed by atoms with Crippen molar-refractivity contribution in [1.82, 2.24) is 24.9 Å². The number of carbonyl (C=O) groups is 2. The minimum atomic E-state index is -5.08. The molecule has 0 saturated heterocycles. The minimum absolute atomic E-state index is 0.155. The fraction of sp³-hybridized carbons (Fsp3) is 0.304. The lowest BCUT2D eigenvalue weighted by Gasteiger charge is -2.16. The molecule has 3 aromatic rings. The van der Waals surface area contributed by atoms with Crippen LogP contribution in [-0.4, -0.2) is 59.4 Å². The topological polar surface area (TPSA) is 182 Å². The van der Waals surface area contributed by atoms with Gasteiger partial charge < -0.3 is 25.2 Å². The molecule has 5 N–H and O–H groups in total. The Labute approximate surface area is 220 Å².